The average Bonchev–Trinajstić information content (AvgIpc) is 3.08. The predicted molar refractivity (Wildman–Crippen MR) is 194 cm³/mol. The van der Waals surface area contributed by atoms with Crippen LogP contribution in [0, 0.1) is 0 Å². The van der Waals surface area contributed by atoms with Gasteiger partial charge >= 0.3 is 0 Å². The lowest BCUT2D eigenvalue weighted by Gasteiger charge is -2.12. The standard InChI is InChI=1S/C29H23ClN8O12S4/c1-3-52(41,42)20-7-4-17(5-8-20)32-28-34-27(30)35-29(36-28)33-18-6-9-22(23(12-18)31-15(2)39)37-38-24-14-21-16(11-26(24)54(46,47)48)10-19(51-50-49-40)13-25(21)53(43,44)45/h3-14,40H,1H2,2H3,(H,31,39)(H,43,44,45)(H,46,47,48)(H2,32,33,34,35,36). The van der Waals surface area contributed by atoms with Gasteiger partial charge in [-0.15, -0.1) is 14.6 Å². The zero-order valence-corrected chi connectivity index (χ0v) is 30.9. The van der Waals surface area contributed by atoms with Gasteiger partial charge in [-0.25, -0.2) is 13.7 Å². The summed E-state index contributed by atoms with van der Waals surface area (Å²) in [5, 5.41) is 28.4. The maximum atomic E-state index is 12.4. The molecule has 25 heteroatoms. The van der Waals surface area contributed by atoms with Crippen molar-refractivity contribution in [2.24, 2.45) is 10.2 Å². The van der Waals surface area contributed by atoms with Crippen molar-refractivity contribution in [2.75, 3.05) is 16.0 Å². The fraction of sp³-hybridized carbons (Fsp3) is 0.0345. The van der Waals surface area contributed by atoms with Crippen LogP contribution in [0.5, 0.6) is 0 Å². The highest BCUT2D eigenvalue weighted by molar-refractivity contribution is 7.94. The zero-order chi connectivity index (χ0) is 39.4. The minimum Gasteiger partial charge on any atom is -0.324 e. The molecule has 0 aliphatic rings. The van der Waals surface area contributed by atoms with Crippen LogP contribution in [0.2, 0.25) is 5.28 Å². The van der Waals surface area contributed by atoms with Gasteiger partial charge in [-0.1, -0.05) is 11.6 Å². The zero-order valence-electron chi connectivity index (χ0n) is 26.9. The Morgan fingerprint density at radius 1 is 0.833 bits per heavy atom. The Balaban J connectivity index is 1.49. The van der Waals surface area contributed by atoms with Crippen molar-refractivity contribution in [1.29, 1.82) is 0 Å². The topological polar surface area (TPSA) is 298 Å². The van der Waals surface area contributed by atoms with E-state index in [9.17, 15) is 39.2 Å². The molecule has 0 fully saturated rings. The van der Waals surface area contributed by atoms with Gasteiger partial charge in [0.05, 0.1) is 22.6 Å². The number of amides is 1. The summed E-state index contributed by atoms with van der Waals surface area (Å²) >= 11 is 6.43. The smallest absolute Gasteiger partial charge is 0.296 e. The fourth-order valence-corrected chi connectivity index (χ4v) is 7.33. The molecule has 0 unspecified atom stereocenters. The van der Waals surface area contributed by atoms with Gasteiger partial charge in [0, 0.05) is 34.0 Å². The number of sulfone groups is 1. The van der Waals surface area contributed by atoms with Gasteiger partial charge in [0.2, 0.25) is 23.1 Å². The quantitative estimate of drug-likeness (QED) is 0.0232. The van der Waals surface area contributed by atoms with Crippen LogP contribution in [0.1, 0.15) is 6.92 Å². The van der Waals surface area contributed by atoms with Crippen molar-refractivity contribution < 1.29 is 53.8 Å². The Hall–Kier alpha value is -5.15. The van der Waals surface area contributed by atoms with E-state index < -0.39 is 51.5 Å². The molecule has 1 aromatic heterocycles. The molecule has 0 atom stereocenters. The molecule has 0 saturated carbocycles. The average molecular weight is 839 g/mol. The molecule has 0 aliphatic heterocycles. The van der Waals surface area contributed by atoms with Crippen molar-refractivity contribution in [3.8, 4) is 0 Å². The number of hydrogen-bond donors (Lipinski definition) is 6. The molecule has 20 nitrogen and oxygen atoms in total. The molecule has 54 heavy (non-hydrogen) atoms. The number of azo groups is 1. The summed E-state index contributed by atoms with van der Waals surface area (Å²) in [7, 11) is -13.6. The molecule has 4 aromatic carbocycles. The number of anilines is 5. The fourth-order valence-electron chi connectivity index (χ4n) is 4.56. The Morgan fingerprint density at radius 2 is 1.44 bits per heavy atom. The van der Waals surface area contributed by atoms with Crippen LogP contribution in [-0.4, -0.2) is 60.5 Å². The van der Waals surface area contributed by atoms with Crippen LogP contribution in [0.3, 0.4) is 0 Å². The van der Waals surface area contributed by atoms with Gasteiger partial charge < -0.3 is 16.0 Å². The minimum absolute atomic E-state index is 0.0194. The number of fused-ring (bicyclic) bond motifs is 1. The third-order valence-corrected chi connectivity index (χ3v) is 10.7. The molecule has 5 aromatic rings. The monoisotopic (exact) mass is 838 g/mol. The first-order valence-corrected chi connectivity index (χ1v) is 19.9. The number of carbonyl (C=O) groups is 1. The lowest BCUT2D eigenvalue weighted by atomic mass is 10.1. The predicted octanol–water partition coefficient (Wildman–Crippen LogP) is 6.38. The van der Waals surface area contributed by atoms with E-state index in [0.29, 0.717) is 17.7 Å². The Kier molecular flexibility index (Phi) is 11.9. The summed E-state index contributed by atoms with van der Waals surface area (Å²) < 4.78 is 97.4. The van der Waals surface area contributed by atoms with E-state index in [1.807, 2.05) is 0 Å². The molecule has 5 rings (SSSR count). The summed E-state index contributed by atoms with van der Waals surface area (Å²) in [5.41, 5.74) is 0.121. The maximum absolute atomic E-state index is 12.4. The van der Waals surface area contributed by atoms with E-state index in [1.54, 1.807) is 0 Å². The highest BCUT2D eigenvalue weighted by Gasteiger charge is 2.23. The Bertz CT molecular complexity index is 2670. The Morgan fingerprint density at radius 3 is 2.04 bits per heavy atom. The number of rotatable bonds is 14. The van der Waals surface area contributed by atoms with Crippen LogP contribution in [0.15, 0.2) is 109 Å². The first kappa shape index (κ1) is 40.0. The van der Waals surface area contributed by atoms with Gasteiger partial charge in [-0.2, -0.15) is 31.8 Å². The second-order valence-electron chi connectivity index (χ2n) is 10.5. The second-order valence-corrected chi connectivity index (χ2v) is 16.3. The minimum atomic E-state index is -5.02. The molecular formula is C29H23ClN8O12S4. The summed E-state index contributed by atoms with van der Waals surface area (Å²) in [5.74, 6) is -0.627. The molecule has 1 amide bonds. The summed E-state index contributed by atoms with van der Waals surface area (Å²) in [6, 6.07) is 13.8. The van der Waals surface area contributed by atoms with Gasteiger partial charge in [0.25, 0.3) is 20.2 Å². The first-order chi connectivity index (χ1) is 25.4. The third kappa shape index (κ3) is 9.88. The highest BCUT2D eigenvalue weighted by atomic mass is 35.5. The van der Waals surface area contributed by atoms with Crippen molar-refractivity contribution in [3.63, 3.8) is 0 Å². The maximum Gasteiger partial charge on any atom is 0.296 e. The molecule has 0 saturated heterocycles. The van der Waals surface area contributed by atoms with E-state index in [0.717, 1.165) is 23.6 Å². The number of nitrogens with zero attached hydrogens (tertiary/aromatic N) is 5. The van der Waals surface area contributed by atoms with Crippen molar-refractivity contribution in [1.82, 2.24) is 15.0 Å². The summed E-state index contributed by atoms with van der Waals surface area (Å²) in [6.07, 6.45) is 0. The first-order valence-electron chi connectivity index (χ1n) is 14.3. The lowest BCUT2D eigenvalue weighted by molar-refractivity contribution is -0.432. The normalized spacial score (nSPS) is 12.2. The number of halogens is 1. The van der Waals surface area contributed by atoms with Gasteiger partial charge in [-0.05, 0) is 83.7 Å². The number of hydrogen-bond acceptors (Lipinski definition) is 18. The van der Waals surface area contributed by atoms with Crippen LogP contribution < -0.4 is 16.0 Å². The molecule has 0 spiro atoms. The SMILES string of the molecule is C=CS(=O)(=O)c1ccc(Nc2nc(Cl)nc(Nc3ccc(N=Nc4cc5c(S(=O)(=O)O)cc(SOOO)cc5cc4S(=O)(=O)O)c(NC(C)=O)c3)n2)cc1. The van der Waals surface area contributed by atoms with Gasteiger partial charge in [0.1, 0.15) is 21.2 Å². The van der Waals surface area contributed by atoms with E-state index in [2.05, 4.69) is 57.1 Å². The number of aromatic nitrogens is 3. The third-order valence-electron chi connectivity index (χ3n) is 6.78. The summed E-state index contributed by atoms with van der Waals surface area (Å²) in [4.78, 5) is 22.8. The molecule has 282 valence electrons. The second kappa shape index (κ2) is 16.1. The van der Waals surface area contributed by atoms with Crippen LogP contribution >= 0.6 is 23.6 Å². The molecule has 6 N–H and O–H groups in total. The van der Waals surface area contributed by atoms with E-state index in [1.165, 1.54) is 55.5 Å². The lowest BCUT2D eigenvalue weighted by Crippen LogP contribution is -2.07. The van der Waals surface area contributed by atoms with E-state index >= 15 is 0 Å². The van der Waals surface area contributed by atoms with E-state index in [4.69, 9.17) is 16.9 Å². The van der Waals surface area contributed by atoms with Gasteiger partial charge in [0.15, 0.2) is 9.84 Å². The molecule has 1 heterocycles. The van der Waals surface area contributed by atoms with Crippen LogP contribution in [0.4, 0.5) is 40.3 Å². The molecule has 0 aliphatic carbocycles. The number of benzene rings is 4. The largest absolute Gasteiger partial charge is 0.324 e. The highest BCUT2D eigenvalue weighted by Crippen LogP contribution is 2.38. The Labute approximate surface area is 314 Å². The molecule has 0 radical (unpaired) electrons. The van der Waals surface area contributed by atoms with Crippen LogP contribution in [-0.2, 0) is 44.2 Å². The number of carbonyl (C=O) groups excluding carboxylic acids is 1. The number of nitrogens with one attached hydrogen (secondary N) is 3. The van der Waals surface area contributed by atoms with Crippen molar-refractivity contribution in [2.45, 2.75) is 26.5 Å². The molecular weight excluding hydrogens is 816 g/mol. The van der Waals surface area contributed by atoms with Crippen molar-refractivity contribution >= 4 is 111 Å². The van der Waals surface area contributed by atoms with Crippen molar-refractivity contribution in [3.05, 3.63) is 84.0 Å². The van der Waals surface area contributed by atoms with Crippen LogP contribution in [0.25, 0.3) is 10.8 Å². The summed E-state index contributed by atoms with van der Waals surface area (Å²) in [6.45, 7) is 4.49. The van der Waals surface area contributed by atoms with E-state index in [-0.39, 0.29) is 54.8 Å². The molecule has 0 bridgehead atoms. The van der Waals surface area contributed by atoms with Gasteiger partial charge in [-0.3, -0.25) is 13.9 Å².